The highest BCUT2D eigenvalue weighted by Gasteiger charge is 2.31. The number of nitrogens with one attached hydrogen (secondary N) is 1. The minimum absolute atomic E-state index is 0.318. The number of amides is 1. The van der Waals surface area contributed by atoms with Gasteiger partial charge in [0.15, 0.2) is 0 Å². The van der Waals surface area contributed by atoms with Crippen molar-refractivity contribution < 1.29 is 13.2 Å². The molecule has 1 unspecified atom stereocenters. The van der Waals surface area contributed by atoms with Crippen LogP contribution in [-0.2, 0) is 20.6 Å². The summed E-state index contributed by atoms with van der Waals surface area (Å²) < 4.78 is 25.9. The Kier molecular flexibility index (Phi) is 9.63. The first-order valence-electron chi connectivity index (χ1n) is 9.17. The number of benzene rings is 2. The Morgan fingerprint density at radius 3 is 2.43 bits per heavy atom. The SMILES string of the molecule is CCC(C(=O)NCCSCc1ccc(Cl)cc1Cl)N(c1cccc(Cl)c1)S(C)(=O)=O. The second kappa shape index (κ2) is 11.5. The van der Waals surface area contributed by atoms with Gasteiger partial charge >= 0.3 is 0 Å². The van der Waals surface area contributed by atoms with Crippen LogP contribution in [0, 0.1) is 0 Å². The third-order valence-electron chi connectivity index (χ3n) is 4.21. The number of carbonyl (C=O) groups is 1. The summed E-state index contributed by atoms with van der Waals surface area (Å²) in [5, 5.41) is 4.42. The topological polar surface area (TPSA) is 66.5 Å². The fourth-order valence-electron chi connectivity index (χ4n) is 2.86. The Labute approximate surface area is 197 Å². The zero-order valence-corrected chi connectivity index (χ0v) is 20.5. The predicted molar refractivity (Wildman–Crippen MR) is 128 cm³/mol. The molecule has 0 heterocycles. The van der Waals surface area contributed by atoms with Gasteiger partial charge in [0.05, 0.1) is 11.9 Å². The largest absolute Gasteiger partial charge is 0.353 e. The molecule has 2 rings (SSSR count). The second-order valence-electron chi connectivity index (χ2n) is 6.54. The van der Waals surface area contributed by atoms with Crippen molar-refractivity contribution in [3.8, 4) is 0 Å². The smallest absolute Gasteiger partial charge is 0.243 e. The Bertz CT molecular complexity index is 987. The van der Waals surface area contributed by atoms with E-state index in [9.17, 15) is 13.2 Å². The molecule has 0 saturated carbocycles. The zero-order valence-electron chi connectivity index (χ0n) is 16.6. The van der Waals surface area contributed by atoms with E-state index in [2.05, 4.69) is 5.32 Å². The Morgan fingerprint density at radius 1 is 1.13 bits per heavy atom. The van der Waals surface area contributed by atoms with E-state index in [1.807, 2.05) is 6.07 Å². The van der Waals surface area contributed by atoms with E-state index in [1.54, 1.807) is 49.0 Å². The van der Waals surface area contributed by atoms with Gasteiger partial charge in [-0.1, -0.05) is 53.9 Å². The van der Waals surface area contributed by atoms with Crippen LogP contribution in [0.2, 0.25) is 15.1 Å². The van der Waals surface area contributed by atoms with Gasteiger partial charge in [-0.3, -0.25) is 9.10 Å². The van der Waals surface area contributed by atoms with Gasteiger partial charge in [0, 0.05) is 33.1 Å². The second-order valence-corrected chi connectivity index (χ2v) is 10.8. The minimum atomic E-state index is -3.69. The lowest BCUT2D eigenvalue weighted by molar-refractivity contribution is -0.122. The quantitative estimate of drug-likeness (QED) is 0.445. The van der Waals surface area contributed by atoms with E-state index in [1.165, 1.54) is 6.07 Å². The van der Waals surface area contributed by atoms with Crippen molar-refractivity contribution in [2.45, 2.75) is 25.1 Å². The predicted octanol–water partition coefficient (Wildman–Crippen LogP) is 5.24. The molecule has 1 atom stereocenters. The lowest BCUT2D eigenvalue weighted by Gasteiger charge is -2.30. The number of hydrogen-bond donors (Lipinski definition) is 1. The van der Waals surface area contributed by atoms with Crippen LogP contribution in [-0.4, -0.2) is 38.9 Å². The number of halogens is 3. The van der Waals surface area contributed by atoms with Crippen LogP contribution in [0.5, 0.6) is 0 Å². The molecule has 0 saturated heterocycles. The van der Waals surface area contributed by atoms with Crippen LogP contribution in [0.4, 0.5) is 5.69 Å². The summed E-state index contributed by atoms with van der Waals surface area (Å²) in [4.78, 5) is 12.8. The monoisotopic (exact) mass is 508 g/mol. The fraction of sp³-hybridized carbons (Fsp3) is 0.350. The molecule has 30 heavy (non-hydrogen) atoms. The molecule has 10 heteroatoms. The normalized spacial score (nSPS) is 12.4. The molecule has 0 aromatic heterocycles. The molecular formula is C20H23Cl3N2O3S2. The van der Waals surface area contributed by atoms with Crippen molar-refractivity contribution >= 4 is 68.2 Å². The molecule has 0 fully saturated rings. The molecule has 0 bridgehead atoms. The number of nitrogens with zero attached hydrogens (tertiary/aromatic N) is 1. The van der Waals surface area contributed by atoms with E-state index < -0.39 is 16.1 Å². The number of carbonyl (C=O) groups excluding carboxylic acids is 1. The molecule has 1 N–H and O–H groups in total. The van der Waals surface area contributed by atoms with Gasteiger partial charge in [-0.25, -0.2) is 8.42 Å². The van der Waals surface area contributed by atoms with E-state index >= 15 is 0 Å². The van der Waals surface area contributed by atoms with Crippen LogP contribution in [0.25, 0.3) is 0 Å². The van der Waals surface area contributed by atoms with Gasteiger partial charge in [-0.2, -0.15) is 11.8 Å². The van der Waals surface area contributed by atoms with E-state index in [0.29, 0.717) is 45.2 Å². The Hall–Kier alpha value is -1.12. The maximum atomic E-state index is 12.8. The molecule has 0 spiro atoms. The molecule has 164 valence electrons. The summed E-state index contributed by atoms with van der Waals surface area (Å²) in [7, 11) is -3.69. The lowest BCUT2D eigenvalue weighted by Crippen LogP contribution is -2.49. The van der Waals surface area contributed by atoms with Gasteiger partial charge in [0.1, 0.15) is 6.04 Å². The summed E-state index contributed by atoms with van der Waals surface area (Å²) in [5.41, 5.74) is 1.33. The van der Waals surface area contributed by atoms with Gasteiger partial charge in [-0.15, -0.1) is 0 Å². The average molecular weight is 510 g/mol. The third kappa shape index (κ3) is 7.24. The van der Waals surface area contributed by atoms with Crippen LogP contribution < -0.4 is 9.62 Å². The van der Waals surface area contributed by atoms with Crippen LogP contribution >= 0.6 is 46.6 Å². The number of sulfonamides is 1. The molecule has 0 aliphatic heterocycles. The summed E-state index contributed by atoms with van der Waals surface area (Å²) in [5.74, 6) is 0.978. The van der Waals surface area contributed by atoms with Crippen LogP contribution in [0.15, 0.2) is 42.5 Å². The van der Waals surface area contributed by atoms with Gasteiger partial charge in [0.2, 0.25) is 15.9 Å². The maximum absolute atomic E-state index is 12.8. The van der Waals surface area contributed by atoms with Crippen LogP contribution in [0.3, 0.4) is 0 Å². The van der Waals surface area contributed by atoms with E-state index in [4.69, 9.17) is 34.8 Å². The third-order valence-corrected chi connectivity index (χ3v) is 7.22. The molecule has 2 aromatic carbocycles. The van der Waals surface area contributed by atoms with Crippen LogP contribution in [0.1, 0.15) is 18.9 Å². The molecule has 0 radical (unpaired) electrons. The van der Waals surface area contributed by atoms with Crippen molar-refractivity contribution in [3.05, 3.63) is 63.1 Å². The van der Waals surface area contributed by atoms with Crippen molar-refractivity contribution in [1.29, 1.82) is 0 Å². The minimum Gasteiger partial charge on any atom is -0.353 e. The first kappa shape index (κ1) is 25.1. The molecule has 1 amide bonds. The van der Waals surface area contributed by atoms with Crippen molar-refractivity contribution in [1.82, 2.24) is 5.32 Å². The fourth-order valence-corrected chi connectivity index (χ4v) is 5.66. The van der Waals surface area contributed by atoms with Gasteiger partial charge in [-0.05, 0) is 42.3 Å². The van der Waals surface area contributed by atoms with Gasteiger partial charge < -0.3 is 5.32 Å². The first-order chi connectivity index (χ1) is 14.1. The molecule has 5 nitrogen and oxygen atoms in total. The summed E-state index contributed by atoms with van der Waals surface area (Å²) >= 11 is 19.7. The maximum Gasteiger partial charge on any atom is 0.243 e. The summed E-state index contributed by atoms with van der Waals surface area (Å²) in [6.07, 6.45) is 1.40. The lowest BCUT2D eigenvalue weighted by atomic mass is 10.2. The molecule has 2 aromatic rings. The highest BCUT2D eigenvalue weighted by molar-refractivity contribution is 7.98. The number of rotatable bonds is 10. The van der Waals surface area contributed by atoms with Crippen molar-refractivity contribution in [3.63, 3.8) is 0 Å². The standard InChI is InChI=1S/C20H23Cl3N2O3S2/c1-3-19(25(30(2,27)28)17-6-4-5-15(21)11-17)20(26)24-9-10-29-13-14-7-8-16(22)12-18(14)23/h4-8,11-12,19H,3,9-10,13H2,1-2H3,(H,24,26). The number of anilines is 1. The van der Waals surface area contributed by atoms with Gasteiger partial charge in [0.25, 0.3) is 0 Å². The summed E-state index contributed by atoms with van der Waals surface area (Å²) in [6.45, 7) is 2.17. The highest BCUT2D eigenvalue weighted by Crippen LogP contribution is 2.26. The first-order valence-corrected chi connectivity index (χ1v) is 13.3. The molecule has 0 aliphatic carbocycles. The number of thioether (sulfide) groups is 1. The van der Waals surface area contributed by atoms with Crippen molar-refractivity contribution in [2.75, 3.05) is 22.9 Å². The number of hydrogen-bond acceptors (Lipinski definition) is 4. The Morgan fingerprint density at radius 2 is 1.83 bits per heavy atom. The zero-order chi connectivity index (χ0) is 22.3. The molecule has 0 aliphatic rings. The Balaban J connectivity index is 1.97. The van der Waals surface area contributed by atoms with Crippen molar-refractivity contribution in [2.24, 2.45) is 0 Å². The summed E-state index contributed by atoms with van der Waals surface area (Å²) in [6, 6.07) is 10.9. The van der Waals surface area contributed by atoms with E-state index in [-0.39, 0.29) is 5.91 Å². The van der Waals surface area contributed by atoms with E-state index in [0.717, 1.165) is 16.1 Å². The average Bonchev–Trinajstić information content (AvgIpc) is 2.66. The molecular weight excluding hydrogens is 487 g/mol. The highest BCUT2D eigenvalue weighted by atomic mass is 35.5.